The van der Waals surface area contributed by atoms with Gasteiger partial charge in [0.15, 0.2) is 17.6 Å². The molecule has 1 aromatic rings. The Balaban J connectivity index is 0.967. The summed E-state index contributed by atoms with van der Waals surface area (Å²) in [5.74, 6) is 4.85. The van der Waals surface area contributed by atoms with E-state index < -0.39 is 12.2 Å². The monoisotopic (exact) mass is 749 g/mol. The first kappa shape index (κ1) is 41.1. The lowest BCUT2D eigenvalue weighted by atomic mass is 9.73. The molecule has 0 spiro atoms. The van der Waals surface area contributed by atoms with Crippen LogP contribution in [0.4, 0.5) is 0 Å². The minimum absolute atomic E-state index is 0.00611. The van der Waals surface area contributed by atoms with Crippen LogP contribution in [0.1, 0.15) is 122 Å². The first-order chi connectivity index (χ1) is 26.2. The molecule has 6 rings (SSSR count). The average Bonchev–Trinajstić information content (AvgIpc) is 3.90. The summed E-state index contributed by atoms with van der Waals surface area (Å²) >= 11 is 0. The van der Waals surface area contributed by atoms with E-state index in [9.17, 15) is 20.4 Å². The van der Waals surface area contributed by atoms with E-state index in [1.807, 2.05) is 12.1 Å². The number of nitrogens with two attached hydrogens (primary N) is 1. The van der Waals surface area contributed by atoms with E-state index in [4.69, 9.17) is 20.2 Å². The van der Waals surface area contributed by atoms with E-state index in [0.29, 0.717) is 41.8 Å². The molecular weight excluding hydrogens is 679 g/mol. The van der Waals surface area contributed by atoms with Crippen molar-refractivity contribution in [3.05, 3.63) is 59.2 Å². The molecule has 1 aromatic carbocycles. The van der Waals surface area contributed by atoms with Crippen molar-refractivity contribution in [1.82, 2.24) is 5.32 Å². The highest BCUT2D eigenvalue weighted by molar-refractivity contribution is 6.03. The summed E-state index contributed by atoms with van der Waals surface area (Å²) in [5.41, 5.74) is 10.1. The number of aromatic hydroxyl groups is 1. The summed E-state index contributed by atoms with van der Waals surface area (Å²) in [4.78, 5) is 4.93. The largest absolute Gasteiger partial charge is 0.504 e. The van der Waals surface area contributed by atoms with Crippen molar-refractivity contribution in [1.29, 1.82) is 0 Å². The van der Waals surface area contributed by atoms with Gasteiger partial charge in [-0.15, -0.1) is 16.6 Å². The van der Waals surface area contributed by atoms with Gasteiger partial charge in [-0.1, -0.05) is 57.9 Å². The molecule has 2 aliphatic heterocycles. The van der Waals surface area contributed by atoms with Crippen LogP contribution in [0, 0.1) is 41.6 Å². The minimum atomic E-state index is -0.917. The van der Waals surface area contributed by atoms with E-state index in [1.165, 1.54) is 76.5 Å². The molecule has 3 aliphatic carbocycles. The Morgan fingerprint density at radius 3 is 2.72 bits per heavy atom. The fraction of sp³-hybridized carbons (Fsp3) is 0.711. The molecule has 0 bridgehead atoms. The molecular formula is C45H70N3O6+. The zero-order valence-corrected chi connectivity index (χ0v) is 33.1. The zero-order valence-electron chi connectivity index (χ0n) is 33.1. The second-order valence-electron chi connectivity index (χ2n) is 17.3. The predicted octanol–water partition coefficient (Wildman–Crippen LogP) is 6.63. The number of fused-ring (bicyclic) bond motifs is 2. The molecule has 3 fully saturated rings. The number of nitrogens with one attached hydrogen (secondary N) is 1. The van der Waals surface area contributed by atoms with E-state index in [0.717, 1.165) is 79.9 Å². The third-order valence-corrected chi connectivity index (χ3v) is 13.2. The number of aliphatic hydroxyl groups excluding tert-OH is 3. The van der Waals surface area contributed by atoms with Crippen molar-refractivity contribution in [3.63, 3.8) is 0 Å². The molecule has 9 nitrogen and oxygen atoms in total. The summed E-state index contributed by atoms with van der Waals surface area (Å²) < 4.78 is 11.1. The van der Waals surface area contributed by atoms with Gasteiger partial charge in [-0.3, -0.25) is 0 Å². The third-order valence-electron chi connectivity index (χ3n) is 13.2. The Hall–Kier alpha value is -2.53. The van der Waals surface area contributed by atoms with E-state index in [2.05, 4.69) is 24.4 Å². The number of allylic oxidation sites excluding steroid dienone is 1. The SMILES string of the molecule is CCCCC1CCC(N)CC1CCCCC1[OH+][C-](CCc2ccc(O)c(OCC(O)C3=C[C+]4C(=N3)CCC3CCCC3C4CNCC(C)O)c2)C=C1CO. The standard InChI is InChI=1S/C45H69N3O6/c1-3-4-8-31-15-17-35(46)22-33(31)9-5-6-12-44-34(27-49)23-36(54-44)18-13-30-14-20-42(51)45(21-30)53-28-43(52)41-24-38-39(26-47-25-29(2)50)37-11-7-10-32(37)16-19-40(38)48-41/h14,20-21,23-24,29,31-33,35,37,39,43-44,47,49-50,52,54H,3-13,15-19,22,25-28,46H2,1-2H3/p+1. The van der Waals surface area contributed by atoms with Crippen LogP contribution in [0.25, 0.3) is 0 Å². The maximum absolute atomic E-state index is 11.2. The number of ether oxygens (including phenoxy) is 2. The molecule has 54 heavy (non-hydrogen) atoms. The molecule has 0 saturated heterocycles. The van der Waals surface area contributed by atoms with Gasteiger partial charge in [0.2, 0.25) is 5.70 Å². The van der Waals surface area contributed by atoms with Crippen molar-refractivity contribution < 1.29 is 29.9 Å². The minimum Gasteiger partial charge on any atom is -0.504 e. The van der Waals surface area contributed by atoms with Crippen LogP contribution >= 0.6 is 0 Å². The van der Waals surface area contributed by atoms with Gasteiger partial charge in [-0.2, -0.15) is 0 Å². The van der Waals surface area contributed by atoms with Crippen LogP contribution in [0.15, 0.2) is 46.6 Å². The molecule has 0 radical (unpaired) electrons. The molecule has 9 atom stereocenters. The van der Waals surface area contributed by atoms with Crippen LogP contribution in [0.3, 0.4) is 0 Å². The Labute approximate surface area is 324 Å². The summed E-state index contributed by atoms with van der Waals surface area (Å²) in [5, 5.41) is 45.3. The van der Waals surface area contributed by atoms with E-state index >= 15 is 0 Å². The van der Waals surface area contributed by atoms with Crippen molar-refractivity contribution in [2.45, 2.75) is 147 Å². The third kappa shape index (κ3) is 10.9. The van der Waals surface area contributed by atoms with Gasteiger partial charge >= 0.3 is 0 Å². The number of aryl methyl sites for hydroxylation is 1. The molecule has 3 saturated carbocycles. The first-order valence-electron chi connectivity index (χ1n) is 21.5. The number of aliphatic hydroxyl groups is 5. The summed E-state index contributed by atoms with van der Waals surface area (Å²) in [6, 6.07) is 5.78. The number of unbranched alkanes of at least 4 members (excludes halogenated alkanes) is 2. The predicted molar refractivity (Wildman–Crippen MR) is 216 cm³/mol. The fourth-order valence-corrected chi connectivity index (χ4v) is 10.2. The van der Waals surface area contributed by atoms with Gasteiger partial charge in [0.25, 0.3) is 0 Å². The van der Waals surface area contributed by atoms with Crippen LogP contribution in [-0.2, 0) is 6.42 Å². The van der Waals surface area contributed by atoms with Gasteiger partial charge < -0.3 is 41.0 Å². The quantitative estimate of drug-likeness (QED) is 0.0498. The normalized spacial score (nSPS) is 29.3. The van der Waals surface area contributed by atoms with Gasteiger partial charge in [0, 0.05) is 38.6 Å². The summed E-state index contributed by atoms with van der Waals surface area (Å²) in [6.07, 6.45) is 23.3. The highest BCUT2D eigenvalue weighted by Crippen LogP contribution is 2.48. The lowest BCUT2D eigenvalue weighted by Crippen LogP contribution is -2.36. The number of phenols is 1. The second-order valence-corrected chi connectivity index (χ2v) is 17.3. The fourth-order valence-electron chi connectivity index (χ4n) is 10.2. The Morgan fingerprint density at radius 2 is 1.91 bits per heavy atom. The van der Waals surface area contributed by atoms with Gasteiger partial charge in [-0.25, -0.2) is 0 Å². The Morgan fingerprint density at radius 1 is 1.07 bits per heavy atom. The summed E-state index contributed by atoms with van der Waals surface area (Å²) in [6.45, 7) is 5.49. The molecule has 9 heteroatoms. The molecule has 2 heterocycles. The Kier molecular flexibility index (Phi) is 15.3. The first-order valence-corrected chi connectivity index (χ1v) is 21.5. The lowest BCUT2D eigenvalue weighted by molar-refractivity contribution is -0.0553. The van der Waals surface area contributed by atoms with Crippen LogP contribution in [0.5, 0.6) is 11.5 Å². The van der Waals surface area contributed by atoms with Crippen molar-refractivity contribution in [2.75, 3.05) is 26.3 Å². The average molecular weight is 749 g/mol. The van der Waals surface area contributed by atoms with Crippen molar-refractivity contribution >= 4 is 5.71 Å². The van der Waals surface area contributed by atoms with Crippen LogP contribution in [0.2, 0.25) is 0 Å². The Bertz CT molecular complexity index is 1430. The van der Waals surface area contributed by atoms with Crippen molar-refractivity contribution in [2.24, 2.45) is 40.3 Å². The highest BCUT2D eigenvalue weighted by atomic mass is 16.5. The van der Waals surface area contributed by atoms with Crippen LogP contribution in [-0.4, -0.2) is 81.5 Å². The van der Waals surface area contributed by atoms with Crippen LogP contribution < -0.4 is 15.8 Å². The lowest BCUT2D eigenvalue weighted by Gasteiger charge is -2.35. The number of aliphatic imine (C=N–C) groups is 1. The molecule has 8 N–H and O–H groups in total. The second kappa shape index (κ2) is 20.1. The topological polar surface area (TPSA) is 153 Å². The molecule has 9 unspecified atom stereocenters. The molecule has 0 amide bonds. The van der Waals surface area contributed by atoms with E-state index in [-0.39, 0.29) is 25.1 Å². The zero-order chi connectivity index (χ0) is 38.0. The molecule has 5 aliphatic rings. The maximum Gasteiger partial charge on any atom is 0.208 e. The van der Waals surface area contributed by atoms with E-state index in [1.54, 1.807) is 13.0 Å². The maximum atomic E-state index is 11.2. The highest BCUT2D eigenvalue weighted by Gasteiger charge is 2.49. The van der Waals surface area contributed by atoms with Gasteiger partial charge in [0.1, 0.15) is 30.4 Å². The van der Waals surface area contributed by atoms with Gasteiger partial charge in [-0.05, 0) is 99.7 Å². The number of rotatable bonds is 20. The molecule has 300 valence electrons. The number of hydrogen-bond acceptors (Lipinski definition) is 8. The number of hydrogen-bond donors (Lipinski definition) is 6. The number of benzene rings is 1. The number of phenolic OH excluding ortho intramolecular Hbond substituents is 1. The smallest absolute Gasteiger partial charge is 0.208 e. The van der Waals surface area contributed by atoms with Crippen molar-refractivity contribution in [3.8, 4) is 11.5 Å². The molecule has 0 aromatic heterocycles. The van der Waals surface area contributed by atoms with Gasteiger partial charge in [0.05, 0.1) is 18.1 Å². The summed E-state index contributed by atoms with van der Waals surface area (Å²) in [7, 11) is 0. The number of nitrogens with zero attached hydrogens (tertiary/aromatic N) is 1.